The fraction of sp³-hybridized carbons (Fsp3) is 0.231. The highest BCUT2D eigenvalue weighted by Crippen LogP contribution is 2.18. The molecule has 3 rings (SSSR count). The van der Waals surface area contributed by atoms with E-state index in [4.69, 9.17) is 10.2 Å². The number of nitrogens with zero attached hydrogens (tertiary/aromatic N) is 4. The van der Waals surface area contributed by atoms with Gasteiger partial charge in [-0.1, -0.05) is 0 Å². The number of hydrogen-bond donors (Lipinski definition) is 2. The van der Waals surface area contributed by atoms with Crippen LogP contribution in [0, 0.1) is 0 Å². The minimum absolute atomic E-state index is 0.342. The van der Waals surface area contributed by atoms with Gasteiger partial charge in [-0.3, -0.25) is 4.79 Å². The van der Waals surface area contributed by atoms with Crippen LogP contribution in [0.4, 0.5) is 5.82 Å². The maximum absolute atomic E-state index is 11.0. The predicted octanol–water partition coefficient (Wildman–Crippen LogP) is 1.15. The Morgan fingerprint density at radius 1 is 1.43 bits per heavy atom. The molecule has 0 aromatic carbocycles. The third-order valence-corrected chi connectivity index (χ3v) is 3.11. The maximum atomic E-state index is 11.0. The van der Waals surface area contributed by atoms with Gasteiger partial charge in [0.15, 0.2) is 11.5 Å². The average molecular weight is 286 g/mol. The van der Waals surface area contributed by atoms with Gasteiger partial charge in [0.05, 0.1) is 18.4 Å². The van der Waals surface area contributed by atoms with Crippen LogP contribution >= 0.6 is 0 Å². The Bertz CT molecular complexity index is 791. The van der Waals surface area contributed by atoms with Crippen molar-refractivity contribution in [1.82, 2.24) is 19.5 Å². The van der Waals surface area contributed by atoms with Crippen molar-refractivity contribution >= 4 is 22.9 Å². The van der Waals surface area contributed by atoms with Crippen molar-refractivity contribution in [3.05, 3.63) is 36.3 Å². The van der Waals surface area contributed by atoms with Gasteiger partial charge < -0.3 is 20.0 Å². The molecular formula is C13H14N6O2. The summed E-state index contributed by atoms with van der Waals surface area (Å²) in [5.41, 5.74) is 6.98. The van der Waals surface area contributed by atoms with Gasteiger partial charge in [0, 0.05) is 6.54 Å². The van der Waals surface area contributed by atoms with Crippen molar-refractivity contribution < 1.29 is 9.21 Å². The van der Waals surface area contributed by atoms with Crippen LogP contribution in [-0.2, 0) is 13.1 Å². The van der Waals surface area contributed by atoms with Gasteiger partial charge in [-0.05, 0) is 13.0 Å². The second-order valence-corrected chi connectivity index (χ2v) is 4.44. The van der Waals surface area contributed by atoms with Crippen LogP contribution in [0.5, 0.6) is 0 Å². The molecule has 0 aliphatic rings. The molecule has 0 radical (unpaired) electrons. The van der Waals surface area contributed by atoms with Gasteiger partial charge in [-0.15, -0.1) is 0 Å². The zero-order valence-corrected chi connectivity index (χ0v) is 11.4. The highest BCUT2D eigenvalue weighted by Gasteiger charge is 2.10. The van der Waals surface area contributed by atoms with Gasteiger partial charge in [0.25, 0.3) is 5.91 Å². The van der Waals surface area contributed by atoms with E-state index in [1.165, 1.54) is 12.6 Å². The molecule has 0 saturated carbocycles. The molecule has 3 aromatic rings. The number of nitrogens with two attached hydrogens (primary N) is 1. The zero-order chi connectivity index (χ0) is 14.8. The number of anilines is 1. The monoisotopic (exact) mass is 286 g/mol. The lowest BCUT2D eigenvalue weighted by Gasteiger charge is -2.04. The largest absolute Gasteiger partial charge is 0.467 e. The summed E-state index contributed by atoms with van der Waals surface area (Å²) in [6, 6.07) is 1.60. The Kier molecular flexibility index (Phi) is 3.27. The Hall–Kier alpha value is -2.90. The topological polar surface area (TPSA) is 112 Å². The van der Waals surface area contributed by atoms with Crippen LogP contribution < -0.4 is 11.1 Å². The van der Waals surface area contributed by atoms with E-state index in [-0.39, 0.29) is 0 Å². The highest BCUT2D eigenvalue weighted by molar-refractivity contribution is 5.92. The maximum Gasteiger partial charge on any atom is 0.251 e. The van der Waals surface area contributed by atoms with E-state index in [0.717, 1.165) is 12.2 Å². The van der Waals surface area contributed by atoms with E-state index in [2.05, 4.69) is 20.3 Å². The number of nitrogens with one attached hydrogen (secondary N) is 1. The standard InChI is InChI=1S/C13H14N6O2/c1-2-19-7-18-10-12(16-6-17-13(10)19)15-4-9-3-8(5-21-9)11(14)20/h3,5-7H,2,4H2,1H3,(H2,14,20)(H,15,16,17). The summed E-state index contributed by atoms with van der Waals surface area (Å²) >= 11 is 0. The molecular weight excluding hydrogens is 272 g/mol. The molecule has 3 heterocycles. The number of primary amides is 1. The number of aromatic nitrogens is 4. The fourth-order valence-electron chi connectivity index (χ4n) is 2.01. The van der Waals surface area contributed by atoms with Crippen molar-refractivity contribution in [3.63, 3.8) is 0 Å². The second kappa shape index (κ2) is 5.23. The van der Waals surface area contributed by atoms with Crippen LogP contribution in [0.25, 0.3) is 11.2 Å². The van der Waals surface area contributed by atoms with Crippen molar-refractivity contribution in [2.75, 3.05) is 5.32 Å². The molecule has 0 fully saturated rings. The fourth-order valence-corrected chi connectivity index (χ4v) is 2.01. The molecule has 0 saturated heterocycles. The lowest BCUT2D eigenvalue weighted by atomic mass is 10.3. The first-order chi connectivity index (χ1) is 10.2. The van der Waals surface area contributed by atoms with E-state index < -0.39 is 5.91 Å². The van der Waals surface area contributed by atoms with E-state index in [9.17, 15) is 4.79 Å². The molecule has 8 nitrogen and oxygen atoms in total. The van der Waals surface area contributed by atoms with Crippen molar-refractivity contribution in [2.45, 2.75) is 20.0 Å². The van der Waals surface area contributed by atoms with E-state index in [0.29, 0.717) is 29.2 Å². The minimum Gasteiger partial charge on any atom is -0.467 e. The predicted molar refractivity (Wildman–Crippen MR) is 75.5 cm³/mol. The molecule has 0 aliphatic heterocycles. The molecule has 0 atom stereocenters. The normalized spacial score (nSPS) is 10.9. The number of aryl methyl sites for hydroxylation is 1. The minimum atomic E-state index is -0.517. The Morgan fingerprint density at radius 3 is 3.00 bits per heavy atom. The number of hydrogen-bond acceptors (Lipinski definition) is 6. The van der Waals surface area contributed by atoms with Gasteiger partial charge >= 0.3 is 0 Å². The Morgan fingerprint density at radius 2 is 2.29 bits per heavy atom. The van der Waals surface area contributed by atoms with Crippen LogP contribution in [-0.4, -0.2) is 25.4 Å². The zero-order valence-electron chi connectivity index (χ0n) is 11.4. The van der Waals surface area contributed by atoms with Crippen molar-refractivity contribution in [1.29, 1.82) is 0 Å². The summed E-state index contributed by atoms with van der Waals surface area (Å²) in [6.45, 7) is 3.18. The molecule has 0 aliphatic carbocycles. The summed E-state index contributed by atoms with van der Waals surface area (Å²) in [5.74, 6) is 0.686. The van der Waals surface area contributed by atoms with Gasteiger partial charge in [0.1, 0.15) is 23.9 Å². The van der Waals surface area contributed by atoms with Gasteiger partial charge in [-0.2, -0.15) is 0 Å². The number of fused-ring (bicyclic) bond motifs is 1. The third kappa shape index (κ3) is 2.42. The van der Waals surface area contributed by atoms with Crippen LogP contribution in [0.3, 0.4) is 0 Å². The van der Waals surface area contributed by atoms with Crippen molar-refractivity contribution in [2.24, 2.45) is 5.73 Å². The molecule has 0 unspecified atom stereocenters. The lowest BCUT2D eigenvalue weighted by Crippen LogP contribution is -2.09. The van der Waals surface area contributed by atoms with E-state index >= 15 is 0 Å². The molecule has 3 N–H and O–H groups in total. The molecule has 21 heavy (non-hydrogen) atoms. The second-order valence-electron chi connectivity index (χ2n) is 4.44. The number of amides is 1. The molecule has 3 aromatic heterocycles. The smallest absolute Gasteiger partial charge is 0.251 e. The molecule has 108 valence electrons. The molecule has 0 bridgehead atoms. The SMILES string of the molecule is CCn1cnc2c(NCc3cc(C(N)=O)co3)ncnc21. The van der Waals surface area contributed by atoms with Gasteiger partial charge in [-0.25, -0.2) is 15.0 Å². The lowest BCUT2D eigenvalue weighted by molar-refractivity contribution is 0.0999. The summed E-state index contributed by atoms with van der Waals surface area (Å²) in [5, 5.41) is 3.12. The van der Waals surface area contributed by atoms with Crippen LogP contribution in [0.2, 0.25) is 0 Å². The summed E-state index contributed by atoms with van der Waals surface area (Å²) in [7, 11) is 0. The van der Waals surface area contributed by atoms with Crippen LogP contribution in [0.15, 0.2) is 29.4 Å². The number of imidazole rings is 1. The third-order valence-electron chi connectivity index (χ3n) is 3.11. The number of carbonyl (C=O) groups is 1. The van der Waals surface area contributed by atoms with E-state index in [1.54, 1.807) is 12.4 Å². The first-order valence-electron chi connectivity index (χ1n) is 6.46. The summed E-state index contributed by atoms with van der Waals surface area (Å²) in [4.78, 5) is 23.7. The number of carbonyl (C=O) groups excluding carboxylic acids is 1. The average Bonchev–Trinajstić information content (AvgIpc) is 3.11. The quantitative estimate of drug-likeness (QED) is 0.727. The molecule has 8 heteroatoms. The van der Waals surface area contributed by atoms with Crippen molar-refractivity contribution in [3.8, 4) is 0 Å². The first-order valence-corrected chi connectivity index (χ1v) is 6.46. The molecule has 1 amide bonds. The summed E-state index contributed by atoms with van der Waals surface area (Å²) in [6.07, 6.45) is 4.54. The first kappa shape index (κ1) is 13.1. The van der Waals surface area contributed by atoms with Gasteiger partial charge in [0.2, 0.25) is 0 Å². The Labute approximate surface area is 120 Å². The summed E-state index contributed by atoms with van der Waals surface area (Å²) < 4.78 is 7.18. The number of furan rings is 1. The Balaban J connectivity index is 1.81. The van der Waals surface area contributed by atoms with Crippen LogP contribution in [0.1, 0.15) is 23.0 Å². The highest BCUT2D eigenvalue weighted by atomic mass is 16.3. The number of rotatable bonds is 5. The molecule has 0 spiro atoms. The van der Waals surface area contributed by atoms with E-state index in [1.807, 2.05) is 11.5 Å².